The third kappa shape index (κ3) is 2.58. The number of carbonyl (C=O) groups excluding carboxylic acids is 1. The summed E-state index contributed by atoms with van der Waals surface area (Å²) in [5.74, 6) is 0.0659. The highest BCUT2D eigenvalue weighted by atomic mass is 32.2. The average Bonchev–Trinajstić information content (AvgIpc) is 2.81. The van der Waals surface area contributed by atoms with E-state index in [9.17, 15) is 19.2 Å². The molecule has 1 aromatic heterocycles. The number of aryl methyl sites for hydroxylation is 1. The fraction of sp³-hybridized carbons (Fsp3) is 0.583. The van der Waals surface area contributed by atoms with Crippen molar-refractivity contribution in [3.05, 3.63) is 23.2 Å². The lowest BCUT2D eigenvalue weighted by Crippen LogP contribution is -2.24. The maximum atomic E-state index is 11.8. The number of esters is 1. The minimum atomic E-state index is -1.43. The van der Waals surface area contributed by atoms with Gasteiger partial charge in [-0.1, -0.05) is 0 Å². The second-order valence-corrected chi connectivity index (χ2v) is 5.97. The molecule has 0 radical (unpaired) electrons. The van der Waals surface area contributed by atoms with Gasteiger partial charge in [-0.15, -0.1) is 0 Å². The van der Waals surface area contributed by atoms with Crippen molar-refractivity contribution in [3.8, 4) is 0 Å². The summed E-state index contributed by atoms with van der Waals surface area (Å²) < 4.78 is 22.1. The zero-order chi connectivity index (χ0) is 14.2. The van der Waals surface area contributed by atoms with Crippen molar-refractivity contribution in [2.45, 2.75) is 31.3 Å². The molecular formula is C12H16O6S. The predicted molar refractivity (Wildman–Crippen MR) is 67.2 cm³/mol. The van der Waals surface area contributed by atoms with Crippen molar-refractivity contribution in [2.24, 2.45) is 0 Å². The van der Waals surface area contributed by atoms with Gasteiger partial charge in [0.25, 0.3) is 0 Å². The van der Waals surface area contributed by atoms with Gasteiger partial charge in [0.1, 0.15) is 28.4 Å². The molecule has 0 aliphatic carbocycles. The molecule has 0 amide bonds. The number of hydrogen-bond donors (Lipinski definition) is 2. The van der Waals surface area contributed by atoms with E-state index in [1.54, 1.807) is 13.8 Å². The molecule has 0 spiro atoms. The molecule has 106 valence electrons. The molecular weight excluding hydrogens is 272 g/mol. The lowest BCUT2D eigenvalue weighted by atomic mass is 10.1. The summed E-state index contributed by atoms with van der Waals surface area (Å²) in [6, 6.07) is 1.43. The summed E-state index contributed by atoms with van der Waals surface area (Å²) in [7, 11) is -1.43. The van der Waals surface area contributed by atoms with E-state index in [-0.39, 0.29) is 23.7 Å². The SMILES string of the molecule is CCOC(=O)c1cc([C@H]2[C@H](O)[C@H](O)C[S@]2=O)oc1C. The minimum absolute atomic E-state index is 0.000318. The summed E-state index contributed by atoms with van der Waals surface area (Å²) in [6.07, 6.45) is -2.19. The van der Waals surface area contributed by atoms with Crippen LogP contribution >= 0.6 is 0 Å². The number of rotatable bonds is 3. The molecule has 4 atom stereocenters. The van der Waals surface area contributed by atoms with E-state index in [1.165, 1.54) is 6.07 Å². The Hall–Kier alpha value is -1.18. The molecule has 2 heterocycles. The predicted octanol–water partition coefficient (Wildman–Crippen LogP) is 0.290. The standard InChI is InChI=1S/C12H16O6S/c1-3-17-12(15)7-4-9(18-6(7)2)11-10(14)8(13)5-19(11)16/h4,8,10-11,13-14H,3,5H2,1-2H3/t8-,10-,11+,19-/m1/s1. The molecule has 0 saturated carbocycles. The van der Waals surface area contributed by atoms with Gasteiger partial charge in [0.05, 0.1) is 18.5 Å². The van der Waals surface area contributed by atoms with Gasteiger partial charge in [-0.25, -0.2) is 4.79 Å². The van der Waals surface area contributed by atoms with Gasteiger partial charge in [-0.3, -0.25) is 4.21 Å². The topological polar surface area (TPSA) is 97.0 Å². The van der Waals surface area contributed by atoms with Crippen LogP contribution in [0.3, 0.4) is 0 Å². The highest BCUT2D eigenvalue weighted by molar-refractivity contribution is 7.85. The van der Waals surface area contributed by atoms with E-state index in [4.69, 9.17) is 9.15 Å². The quantitative estimate of drug-likeness (QED) is 0.776. The van der Waals surface area contributed by atoms with Crippen LogP contribution in [-0.4, -0.2) is 45.0 Å². The average molecular weight is 288 g/mol. The number of carbonyl (C=O) groups is 1. The zero-order valence-corrected chi connectivity index (χ0v) is 11.5. The summed E-state index contributed by atoms with van der Waals surface area (Å²) in [5.41, 5.74) is 0.252. The molecule has 2 N–H and O–H groups in total. The van der Waals surface area contributed by atoms with Crippen LogP contribution in [0.4, 0.5) is 0 Å². The summed E-state index contributed by atoms with van der Waals surface area (Å²) >= 11 is 0. The van der Waals surface area contributed by atoms with E-state index in [2.05, 4.69) is 0 Å². The Balaban J connectivity index is 2.30. The maximum absolute atomic E-state index is 11.8. The van der Waals surface area contributed by atoms with Crippen LogP contribution in [0.15, 0.2) is 10.5 Å². The van der Waals surface area contributed by atoms with Crippen molar-refractivity contribution >= 4 is 16.8 Å². The van der Waals surface area contributed by atoms with Crippen molar-refractivity contribution in [3.63, 3.8) is 0 Å². The Morgan fingerprint density at radius 1 is 1.58 bits per heavy atom. The highest BCUT2D eigenvalue weighted by Gasteiger charge is 2.43. The Morgan fingerprint density at radius 2 is 2.26 bits per heavy atom. The van der Waals surface area contributed by atoms with Gasteiger partial charge in [-0.2, -0.15) is 0 Å². The van der Waals surface area contributed by atoms with Crippen LogP contribution in [0, 0.1) is 6.92 Å². The van der Waals surface area contributed by atoms with E-state index in [0.29, 0.717) is 5.76 Å². The fourth-order valence-corrected chi connectivity index (χ4v) is 3.69. The fourth-order valence-electron chi connectivity index (χ4n) is 2.08. The molecule has 0 aromatic carbocycles. The number of ether oxygens (including phenoxy) is 1. The Kier molecular flexibility index (Phi) is 4.07. The first-order chi connectivity index (χ1) is 8.95. The first kappa shape index (κ1) is 14.2. The minimum Gasteiger partial charge on any atom is -0.464 e. The van der Waals surface area contributed by atoms with E-state index < -0.39 is 34.2 Å². The van der Waals surface area contributed by atoms with Gasteiger partial charge in [0.15, 0.2) is 0 Å². The Bertz CT molecular complexity index is 508. The van der Waals surface area contributed by atoms with E-state index in [1.807, 2.05) is 0 Å². The molecule has 7 heteroatoms. The number of furan rings is 1. The van der Waals surface area contributed by atoms with E-state index in [0.717, 1.165) is 0 Å². The maximum Gasteiger partial charge on any atom is 0.341 e. The smallest absolute Gasteiger partial charge is 0.341 e. The molecule has 6 nitrogen and oxygen atoms in total. The highest BCUT2D eigenvalue weighted by Crippen LogP contribution is 2.34. The van der Waals surface area contributed by atoms with Gasteiger partial charge in [0, 0.05) is 10.8 Å². The number of aliphatic hydroxyl groups is 2. The lowest BCUT2D eigenvalue weighted by Gasteiger charge is -2.11. The van der Waals surface area contributed by atoms with Crippen molar-refractivity contribution in [1.29, 1.82) is 0 Å². The Labute approximate surface area is 112 Å². The summed E-state index contributed by atoms with van der Waals surface area (Å²) in [4.78, 5) is 11.7. The largest absolute Gasteiger partial charge is 0.464 e. The third-order valence-electron chi connectivity index (χ3n) is 3.04. The van der Waals surface area contributed by atoms with Crippen LogP contribution in [0.5, 0.6) is 0 Å². The molecule has 1 saturated heterocycles. The van der Waals surface area contributed by atoms with Crippen LogP contribution in [0.1, 0.15) is 34.1 Å². The molecule has 2 rings (SSSR count). The van der Waals surface area contributed by atoms with Crippen LogP contribution < -0.4 is 0 Å². The van der Waals surface area contributed by atoms with Crippen molar-refractivity contribution in [1.82, 2.24) is 0 Å². The third-order valence-corrected chi connectivity index (χ3v) is 4.78. The van der Waals surface area contributed by atoms with Gasteiger partial charge in [-0.05, 0) is 19.9 Å². The number of hydrogen-bond acceptors (Lipinski definition) is 6. The molecule has 1 fully saturated rings. The Morgan fingerprint density at radius 3 is 2.79 bits per heavy atom. The molecule has 1 aromatic rings. The first-order valence-electron chi connectivity index (χ1n) is 5.96. The normalized spacial score (nSPS) is 30.5. The van der Waals surface area contributed by atoms with E-state index >= 15 is 0 Å². The summed E-state index contributed by atoms with van der Waals surface area (Å²) in [6.45, 7) is 3.53. The second-order valence-electron chi connectivity index (χ2n) is 4.37. The molecule has 0 unspecified atom stereocenters. The lowest BCUT2D eigenvalue weighted by molar-refractivity contribution is 0.0385. The monoisotopic (exact) mass is 288 g/mol. The van der Waals surface area contributed by atoms with Gasteiger partial charge >= 0.3 is 5.97 Å². The van der Waals surface area contributed by atoms with Gasteiger partial charge < -0.3 is 19.4 Å². The zero-order valence-electron chi connectivity index (χ0n) is 10.7. The van der Waals surface area contributed by atoms with Crippen LogP contribution in [-0.2, 0) is 15.5 Å². The van der Waals surface area contributed by atoms with Crippen molar-refractivity contribution < 1.29 is 28.4 Å². The molecule has 1 aliphatic rings. The second kappa shape index (κ2) is 5.44. The molecule has 1 aliphatic heterocycles. The molecule has 19 heavy (non-hydrogen) atoms. The number of aliphatic hydroxyl groups excluding tert-OH is 2. The van der Waals surface area contributed by atoms with Crippen molar-refractivity contribution in [2.75, 3.05) is 12.4 Å². The van der Waals surface area contributed by atoms with Crippen LogP contribution in [0.25, 0.3) is 0 Å². The van der Waals surface area contributed by atoms with Crippen LogP contribution in [0.2, 0.25) is 0 Å². The first-order valence-corrected chi connectivity index (χ1v) is 7.34. The summed E-state index contributed by atoms with van der Waals surface area (Å²) in [5, 5.41) is 18.5. The van der Waals surface area contributed by atoms with Gasteiger partial charge in [0.2, 0.25) is 0 Å². The molecule has 0 bridgehead atoms.